The smallest absolute Gasteiger partial charge is 0.338 e. The molecule has 5 nitrogen and oxygen atoms in total. The number of esters is 2. The molecule has 0 amide bonds. The van der Waals surface area contributed by atoms with E-state index in [0.29, 0.717) is 12.0 Å². The van der Waals surface area contributed by atoms with Crippen molar-refractivity contribution in [3.8, 4) is 0 Å². The van der Waals surface area contributed by atoms with Gasteiger partial charge in [0.25, 0.3) is 0 Å². The van der Waals surface area contributed by atoms with Crippen LogP contribution in [0.3, 0.4) is 0 Å². The van der Waals surface area contributed by atoms with Crippen LogP contribution in [0, 0.1) is 0 Å². The van der Waals surface area contributed by atoms with Crippen molar-refractivity contribution in [1.29, 1.82) is 0 Å². The highest BCUT2D eigenvalue weighted by Crippen LogP contribution is 2.23. The van der Waals surface area contributed by atoms with Gasteiger partial charge in [0.05, 0.1) is 17.8 Å². The molecule has 1 unspecified atom stereocenters. The maximum Gasteiger partial charge on any atom is 0.338 e. The second kappa shape index (κ2) is 6.52. The van der Waals surface area contributed by atoms with Gasteiger partial charge in [-0.25, -0.2) is 4.79 Å². The predicted octanol–water partition coefficient (Wildman–Crippen LogP) is 1.95. The molecule has 1 fully saturated rings. The third-order valence-electron chi connectivity index (χ3n) is 3.15. The van der Waals surface area contributed by atoms with Crippen LogP contribution in [-0.2, 0) is 19.0 Å². The van der Waals surface area contributed by atoms with Gasteiger partial charge >= 0.3 is 11.9 Å². The first kappa shape index (κ1) is 14.5. The zero-order valence-corrected chi connectivity index (χ0v) is 11.6. The summed E-state index contributed by atoms with van der Waals surface area (Å²) in [5.74, 6) is -0.704. The molecule has 108 valence electrons. The maximum absolute atomic E-state index is 11.8. The van der Waals surface area contributed by atoms with Gasteiger partial charge in [-0.05, 0) is 19.1 Å². The third kappa shape index (κ3) is 3.81. The van der Waals surface area contributed by atoms with E-state index in [4.69, 9.17) is 14.2 Å². The average molecular weight is 278 g/mol. The van der Waals surface area contributed by atoms with Gasteiger partial charge in [-0.15, -0.1) is 0 Å². The van der Waals surface area contributed by atoms with Gasteiger partial charge in [-0.2, -0.15) is 0 Å². The molecule has 1 aromatic rings. The highest BCUT2D eigenvalue weighted by molar-refractivity contribution is 5.89. The first-order valence-electron chi connectivity index (χ1n) is 6.61. The second-order valence-electron chi connectivity index (χ2n) is 4.81. The quantitative estimate of drug-likeness (QED) is 0.788. The molecular weight excluding hydrogens is 260 g/mol. The Morgan fingerprint density at radius 3 is 2.65 bits per heavy atom. The standard InChI is InChI=1S/C15H18O5/c1-10-14(20-11(2)16)8-13(19-10)9-18-15(17)12-6-4-3-5-7-12/h3-7,10,13-14H,8-9H2,1-2H3/t10-,13-,14?/m1/s1. The van der Waals surface area contributed by atoms with Crippen LogP contribution in [0.5, 0.6) is 0 Å². The predicted molar refractivity (Wildman–Crippen MR) is 71.2 cm³/mol. The maximum atomic E-state index is 11.8. The molecular formula is C15H18O5. The van der Waals surface area contributed by atoms with E-state index >= 15 is 0 Å². The van der Waals surface area contributed by atoms with Crippen molar-refractivity contribution >= 4 is 11.9 Å². The number of carbonyl (C=O) groups is 2. The summed E-state index contributed by atoms with van der Waals surface area (Å²) in [7, 11) is 0. The minimum absolute atomic E-state index is 0.163. The Morgan fingerprint density at radius 2 is 2.00 bits per heavy atom. The SMILES string of the molecule is CC(=O)OC1C[C@H](COC(=O)c2ccccc2)O[C@@H]1C. The van der Waals surface area contributed by atoms with Gasteiger partial charge in [0, 0.05) is 13.3 Å². The van der Waals surface area contributed by atoms with Crippen molar-refractivity contribution in [2.75, 3.05) is 6.61 Å². The van der Waals surface area contributed by atoms with Crippen molar-refractivity contribution in [3.05, 3.63) is 35.9 Å². The van der Waals surface area contributed by atoms with E-state index in [1.54, 1.807) is 24.3 Å². The molecule has 1 aromatic carbocycles. The van der Waals surface area contributed by atoms with Crippen molar-refractivity contribution in [3.63, 3.8) is 0 Å². The van der Waals surface area contributed by atoms with E-state index in [1.165, 1.54) is 6.92 Å². The molecule has 5 heteroatoms. The van der Waals surface area contributed by atoms with Crippen LogP contribution in [0.25, 0.3) is 0 Å². The van der Waals surface area contributed by atoms with E-state index in [9.17, 15) is 9.59 Å². The molecule has 1 saturated heterocycles. The molecule has 3 atom stereocenters. The number of ether oxygens (including phenoxy) is 3. The van der Waals surface area contributed by atoms with Crippen molar-refractivity contribution in [2.24, 2.45) is 0 Å². The Balaban J connectivity index is 1.81. The minimum atomic E-state index is -0.377. The molecule has 0 radical (unpaired) electrons. The van der Waals surface area contributed by atoms with Gasteiger partial charge in [0.1, 0.15) is 12.7 Å². The molecule has 0 saturated carbocycles. The fraction of sp³-hybridized carbons (Fsp3) is 0.467. The number of benzene rings is 1. The van der Waals surface area contributed by atoms with Gasteiger partial charge in [-0.3, -0.25) is 4.79 Å². The Morgan fingerprint density at radius 1 is 1.30 bits per heavy atom. The van der Waals surface area contributed by atoms with Crippen LogP contribution in [-0.4, -0.2) is 36.9 Å². The first-order chi connectivity index (χ1) is 9.56. The number of carbonyl (C=O) groups excluding carboxylic acids is 2. The summed E-state index contributed by atoms with van der Waals surface area (Å²) < 4.78 is 16.0. The molecule has 2 rings (SSSR count). The minimum Gasteiger partial charge on any atom is -0.460 e. The average Bonchev–Trinajstić information content (AvgIpc) is 2.77. The topological polar surface area (TPSA) is 61.8 Å². The Kier molecular flexibility index (Phi) is 4.74. The Hall–Kier alpha value is -1.88. The summed E-state index contributed by atoms with van der Waals surface area (Å²) in [5.41, 5.74) is 0.509. The number of hydrogen-bond donors (Lipinski definition) is 0. The lowest BCUT2D eigenvalue weighted by Gasteiger charge is -2.12. The summed E-state index contributed by atoms with van der Waals surface area (Å²) in [6.07, 6.45) is -0.141. The van der Waals surface area contributed by atoms with Crippen LogP contribution in [0.1, 0.15) is 30.6 Å². The Labute approximate surface area is 117 Å². The molecule has 0 spiro atoms. The van der Waals surface area contributed by atoms with Gasteiger partial charge in [-0.1, -0.05) is 18.2 Å². The normalized spacial score (nSPS) is 25.2. The van der Waals surface area contributed by atoms with Crippen LogP contribution in [0.2, 0.25) is 0 Å². The van der Waals surface area contributed by atoms with Gasteiger partial charge in [0.15, 0.2) is 0 Å². The molecule has 1 heterocycles. The fourth-order valence-corrected chi connectivity index (χ4v) is 2.19. The zero-order valence-electron chi connectivity index (χ0n) is 11.6. The van der Waals surface area contributed by atoms with E-state index in [2.05, 4.69) is 0 Å². The number of hydrogen-bond acceptors (Lipinski definition) is 5. The van der Waals surface area contributed by atoms with Crippen molar-refractivity contribution in [2.45, 2.75) is 38.6 Å². The Bertz CT molecular complexity index is 470. The summed E-state index contributed by atoms with van der Waals surface area (Å²) in [5, 5.41) is 0. The largest absolute Gasteiger partial charge is 0.460 e. The summed E-state index contributed by atoms with van der Waals surface area (Å²) >= 11 is 0. The van der Waals surface area contributed by atoms with Crippen LogP contribution < -0.4 is 0 Å². The highest BCUT2D eigenvalue weighted by atomic mass is 16.6. The van der Waals surface area contributed by atoms with Crippen LogP contribution in [0.4, 0.5) is 0 Å². The van der Waals surface area contributed by atoms with Crippen LogP contribution in [0.15, 0.2) is 30.3 Å². The van der Waals surface area contributed by atoms with Gasteiger partial charge < -0.3 is 14.2 Å². The number of rotatable bonds is 4. The lowest BCUT2D eigenvalue weighted by Crippen LogP contribution is -2.23. The molecule has 0 aromatic heterocycles. The molecule has 0 aliphatic carbocycles. The fourth-order valence-electron chi connectivity index (χ4n) is 2.19. The summed E-state index contributed by atoms with van der Waals surface area (Å²) in [4.78, 5) is 22.7. The molecule has 0 N–H and O–H groups in total. The van der Waals surface area contributed by atoms with Crippen molar-refractivity contribution in [1.82, 2.24) is 0 Å². The highest BCUT2D eigenvalue weighted by Gasteiger charge is 2.35. The third-order valence-corrected chi connectivity index (χ3v) is 3.15. The van der Waals surface area contributed by atoms with E-state index in [-0.39, 0.29) is 36.9 Å². The zero-order chi connectivity index (χ0) is 14.5. The lowest BCUT2D eigenvalue weighted by molar-refractivity contribution is -0.148. The van der Waals surface area contributed by atoms with E-state index < -0.39 is 0 Å². The van der Waals surface area contributed by atoms with Crippen LogP contribution >= 0.6 is 0 Å². The lowest BCUT2D eigenvalue weighted by atomic mass is 10.1. The molecule has 20 heavy (non-hydrogen) atoms. The summed E-state index contributed by atoms with van der Waals surface area (Å²) in [6.45, 7) is 3.37. The second-order valence-corrected chi connectivity index (χ2v) is 4.81. The van der Waals surface area contributed by atoms with Gasteiger partial charge in [0.2, 0.25) is 0 Å². The summed E-state index contributed by atoms with van der Waals surface area (Å²) in [6, 6.07) is 8.79. The molecule has 0 bridgehead atoms. The molecule has 1 aliphatic heterocycles. The monoisotopic (exact) mass is 278 g/mol. The van der Waals surface area contributed by atoms with E-state index in [1.807, 2.05) is 13.0 Å². The van der Waals surface area contributed by atoms with Crippen molar-refractivity contribution < 1.29 is 23.8 Å². The van der Waals surface area contributed by atoms with E-state index in [0.717, 1.165) is 0 Å². The first-order valence-corrected chi connectivity index (χ1v) is 6.61. The molecule has 1 aliphatic rings.